The van der Waals surface area contributed by atoms with Crippen LogP contribution in [0.25, 0.3) is 0 Å². The van der Waals surface area contributed by atoms with Crippen molar-refractivity contribution in [3.8, 4) is 5.75 Å². The monoisotopic (exact) mass is 442 g/mol. The minimum atomic E-state index is -3.31. The number of hydrogen-bond acceptors (Lipinski definition) is 5. The van der Waals surface area contributed by atoms with Gasteiger partial charge in [0.05, 0.1) is 23.6 Å². The van der Waals surface area contributed by atoms with E-state index < -0.39 is 15.8 Å². The Morgan fingerprint density at radius 3 is 2.61 bits per heavy atom. The molecule has 31 heavy (non-hydrogen) atoms. The number of anilines is 2. The molecule has 0 bridgehead atoms. The van der Waals surface area contributed by atoms with Crippen LogP contribution in [0.5, 0.6) is 5.75 Å². The third-order valence-corrected chi connectivity index (χ3v) is 7.07. The van der Waals surface area contributed by atoms with Crippen LogP contribution in [0.2, 0.25) is 0 Å². The fraction of sp³-hybridized carbons (Fsp3) is 0.391. The van der Waals surface area contributed by atoms with Crippen LogP contribution >= 0.6 is 0 Å². The zero-order chi connectivity index (χ0) is 22.3. The largest absolute Gasteiger partial charge is 0.495 e. The Morgan fingerprint density at radius 1 is 1.13 bits per heavy atom. The van der Waals surface area contributed by atoms with Gasteiger partial charge in [-0.15, -0.1) is 0 Å². The number of carbonyl (C=O) groups is 2. The van der Waals surface area contributed by atoms with Crippen molar-refractivity contribution in [1.82, 2.24) is 0 Å². The smallest absolute Gasteiger partial charge is 0.232 e. The second-order valence-electron chi connectivity index (χ2n) is 8.24. The Balaban J connectivity index is 1.60. The zero-order valence-electron chi connectivity index (χ0n) is 17.9. The van der Waals surface area contributed by atoms with Crippen molar-refractivity contribution < 1.29 is 22.7 Å². The zero-order valence-corrected chi connectivity index (χ0v) is 18.7. The molecule has 1 saturated heterocycles. The second kappa shape index (κ2) is 8.00. The first kappa shape index (κ1) is 21.4. The van der Waals surface area contributed by atoms with Gasteiger partial charge in [-0.25, -0.2) is 8.42 Å². The van der Waals surface area contributed by atoms with Crippen LogP contribution in [0.3, 0.4) is 0 Å². The summed E-state index contributed by atoms with van der Waals surface area (Å²) in [7, 11) is -1.75. The van der Waals surface area contributed by atoms with Crippen LogP contribution in [0.15, 0.2) is 41.3 Å². The lowest BCUT2D eigenvalue weighted by Gasteiger charge is -2.31. The number of methoxy groups -OCH3 is 1. The normalized spacial score (nSPS) is 18.8. The van der Waals surface area contributed by atoms with Crippen molar-refractivity contribution in [3.63, 3.8) is 0 Å². The van der Waals surface area contributed by atoms with Gasteiger partial charge in [0.2, 0.25) is 11.8 Å². The van der Waals surface area contributed by atoms with Crippen LogP contribution in [-0.4, -0.2) is 46.7 Å². The van der Waals surface area contributed by atoms with E-state index in [-0.39, 0.29) is 23.1 Å². The molecule has 0 radical (unpaired) electrons. The number of nitrogens with zero attached hydrogens (tertiary/aromatic N) is 2. The number of amides is 2. The summed E-state index contributed by atoms with van der Waals surface area (Å²) in [6.45, 7) is 2.80. The molecule has 2 heterocycles. The highest BCUT2D eigenvalue weighted by Gasteiger charge is 2.39. The van der Waals surface area contributed by atoms with Gasteiger partial charge in [-0.2, -0.15) is 0 Å². The Bertz CT molecular complexity index is 1160. The molecule has 2 aromatic carbocycles. The number of carbonyl (C=O) groups excluding carboxylic acids is 2. The molecular weight excluding hydrogens is 416 g/mol. The van der Waals surface area contributed by atoms with Gasteiger partial charge in [-0.3, -0.25) is 9.59 Å². The molecular formula is C23H26N2O5S. The molecule has 0 spiro atoms. The van der Waals surface area contributed by atoms with Gasteiger partial charge in [0, 0.05) is 31.5 Å². The average Bonchev–Trinajstić information content (AvgIpc) is 3.13. The van der Waals surface area contributed by atoms with Crippen molar-refractivity contribution in [1.29, 1.82) is 0 Å². The molecule has 0 aliphatic carbocycles. The standard InChI is InChI=1S/C23H26N2O5S/c1-15-6-9-21(30-2)20(11-15)25-14-17(13-22(25)26)23(27)24-10-4-5-16-12-18(31(3,28)29)7-8-19(16)24/h6-9,11-12,17H,4-5,10,13-14H2,1-3H3. The summed E-state index contributed by atoms with van der Waals surface area (Å²) in [6.07, 6.45) is 2.79. The highest BCUT2D eigenvalue weighted by Crippen LogP contribution is 2.36. The Hall–Kier alpha value is -2.87. The van der Waals surface area contributed by atoms with Crippen molar-refractivity contribution in [2.45, 2.75) is 31.1 Å². The second-order valence-corrected chi connectivity index (χ2v) is 10.3. The van der Waals surface area contributed by atoms with Crippen molar-refractivity contribution >= 4 is 33.0 Å². The summed E-state index contributed by atoms with van der Waals surface area (Å²) in [5.74, 6) is -0.0654. The lowest BCUT2D eigenvalue weighted by molar-refractivity contribution is -0.124. The van der Waals surface area contributed by atoms with Gasteiger partial charge in [-0.1, -0.05) is 6.07 Å². The number of rotatable bonds is 4. The number of hydrogen-bond donors (Lipinski definition) is 0. The molecule has 7 nitrogen and oxygen atoms in total. The van der Waals surface area contributed by atoms with Gasteiger partial charge in [0.25, 0.3) is 0 Å². The first-order valence-electron chi connectivity index (χ1n) is 10.3. The van der Waals surface area contributed by atoms with E-state index in [0.717, 1.165) is 29.7 Å². The molecule has 2 aliphatic rings. The predicted octanol–water partition coefficient (Wildman–Crippen LogP) is 2.74. The lowest BCUT2D eigenvalue weighted by atomic mass is 9.99. The summed E-state index contributed by atoms with van der Waals surface area (Å²) in [5.41, 5.74) is 3.27. The topological polar surface area (TPSA) is 84.0 Å². The molecule has 4 rings (SSSR count). The maximum atomic E-state index is 13.4. The van der Waals surface area contributed by atoms with E-state index in [1.54, 1.807) is 35.1 Å². The summed E-state index contributed by atoms with van der Waals surface area (Å²) in [4.78, 5) is 29.8. The summed E-state index contributed by atoms with van der Waals surface area (Å²) < 4.78 is 29.2. The van der Waals surface area contributed by atoms with Gasteiger partial charge >= 0.3 is 0 Å². The molecule has 0 N–H and O–H groups in total. The highest BCUT2D eigenvalue weighted by atomic mass is 32.2. The molecule has 164 valence electrons. The lowest BCUT2D eigenvalue weighted by Crippen LogP contribution is -2.40. The number of ether oxygens (including phenoxy) is 1. The van der Waals surface area contributed by atoms with E-state index in [0.29, 0.717) is 24.5 Å². The van der Waals surface area contributed by atoms with E-state index in [4.69, 9.17) is 4.74 Å². The molecule has 8 heteroatoms. The van der Waals surface area contributed by atoms with Crippen LogP contribution in [0.4, 0.5) is 11.4 Å². The van der Waals surface area contributed by atoms with Gasteiger partial charge in [-0.05, 0) is 61.2 Å². The number of fused-ring (bicyclic) bond motifs is 1. The van der Waals surface area contributed by atoms with E-state index in [1.807, 2.05) is 25.1 Å². The molecule has 2 aromatic rings. The predicted molar refractivity (Wildman–Crippen MR) is 118 cm³/mol. The van der Waals surface area contributed by atoms with Crippen molar-refractivity contribution in [2.24, 2.45) is 5.92 Å². The summed E-state index contributed by atoms with van der Waals surface area (Å²) >= 11 is 0. The Morgan fingerprint density at radius 2 is 1.90 bits per heavy atom. The molecule has 2 amide bonds. The van der Waals surface area contributed by atoms with Gasteiger partial charge < -0.3 is 14.5 Å². The van der Waals surface area contributed by atoms with Gasteiger partial charge in [0.15, 0.2) is 9.84 Å². The quantitative estimate of drug-likeness (QED) is 0.727. The third-order valence-electron chi connectivity index (χ3n) is 5.96. The molecule has 1 atom stereocenters. The van der Waals surface area contributed by atoms with E-state index in [1.165, 1.54) is 6.26 Å². The highest BCUT2D eigenvalue weighted by molar-refractivity contribution is 7.90. The van der Waals surface area contributed by atoms with Crippen molar-refractivity contribution in [3.05, 3.63) is 47.5 Å². The third kappa shape index (κ3) is 4.04. The van der Waals surface area contributed by atoms with E-state index in [2.05, 4.69) is 0 Å². The first-order valence-corrected chi connectivity index (χ1v) is 12.2. The van der Waals surface area contributed by atoms with Crippen LogP contribution in [-0.2, 0) is 25.8 Å². The fourth-order valence-electron chi connectivity index (χ4n) is 4.37. The maximum absolute atomic E-state index is 13.4. The molecule has 1 fully saturated rings. The molecule has 1 unspecified atom stereocenters. The number of benzene rings is 2. The summed E-state index contributed by atoms with van der Waals surface area (Å²) in [6, 6.07) is 10.6. The maximum Gasteiger partial charge on any atom is 0.232 e. The van der Waals surface area contributed by atoms with Gasteiger partial charge in [0.1, 0.15) is 5.75 Å². The van der Waals surface area contributed by atoms with Crippen LogP contribution in [0.1, 0.15) is 24.0 Å². The average molecular weight is 443 g/mol. The minimum Gasteiger partial charge on any atom is -0.495 e. The number of aryl methyl sites for hydroxylation is 2. The Labute approximate surface area is 182 Å². The van der Waals surface area contributed by atoms with Crippen LogP contribution < -0.4 is 14.5 Å². The Kier molecular flexibility index (Phi) is 5.51. The number of sulfone groups is 1. The molecule has 2 aliphatic heterocycles. The van der Waals surface area contributed by atoms with E-state index in [9.17, 15) is 18.0 Å². The molecule has 0 aromatic heterocycles. The molecule has 0 saturated carbocycles. The summed E-state index contributed by atoms with van der Waals surface area (Å²) in [5, 5.41) is 0. The fourth-order valence-corrected chi connectivity index (χ4v) is 5.04. The minimum absolute atomic E-state index is 0.101. The van der Waals surface area contributed by atoms with Crippen molar-refractivity contribution in [2.75, 3.05) is 36.3 Å². The van der Waals surface area contributed by atoms with Crippen LogP contribution in [0, 0.1) is 12.8 Å². The first-order chi connectivity index (χ1) is 14.7. The SMILES string of the molecule is COc1ccc(C)cc1N1CC(C(=O)N2CCCc3cc(S(C)(=O)=O)ccc32)CC1=O. The van der Waals surface area contributed by atoms with E-state index >= 15 is 0 Å².